The maximum atomic E-state index is 12.8. The smallest absolute Gasteiger partial charge is 0.237 e. The molecule has 2 N–H and O–H groups in total. The number of amides is 1. The van der Waals surface area contributed by atoms with Crippen molar-refractivity contribution in [3.63, 3.8) is 0 Å². The Morgan fingerprint density at radius 2 is 2.07 bits per heavy atom. The summed E-state index contributed by atoms with van der Waals surface area (Å²) in [6.07, 6.45) is 3.37. The molecule has 1 amide bonds. The molecule has 0 unspecified atom stereocenters. The SMILES string of the molecule is COc1cc(CNC(=O)[C@@H]2CC3(CCNCC3)CN2C)ccc1OC(C)C. The molecule has 6 heteroatoms. The summed E-state index contributed by atoms with van der Waals surface area (Å²) < 4.78 is 11.2. The summed E-state index contributed by atoms with van der Waals surface area (Å²) in [7, 11) is 3.71. The molecule has 3 rings (SSSR count). The van der Waals surface area contributed by atoms with Crippen molar-refractivity contribution in [1.29, 1.82) is 0 Å². The van der Waals surface area contributed by atoms with Crippen LogP contribution in [-0.4, -0.2) is 56.7 Å². The lowest BCUT2D eigenvalue weighted by atomic mass is 9.77. The zero-order valence-corrected chi connectivity index (χ0v) is 17.0. The first-order valence-electron chi connectivity index (χ1n) is 9.95. The van der Waals surface area contributed by atoms with Gasteiger partial charge in [-0.15, -0.1) is 0 Å². The Morgan fingerprint density at radius 1 is 1.33 bits per heavy atom. The van der Waals surface area contributed by atoms with Gasteiger partial charge >= 0.3 is 0 Å². The Kier molecular flexibility index (Phi) is 6.27. The van der Waals surface area contributed by atoms with Gasteiger partial charge in [0.25, 0.3) is 0 Å². The van der Waals surface area contributed by atoms with Crippen LogP contribution in [0.1, 0.15) is 38.7 Å². The van der Waals surface area contributed by atoms with Crippen molar-refractivity contribution in [3.05, 3.63) is 23.8 Å². The molecular weight excluding hydrogens is 342 g/mol. The van der Waals surface area contributed by atoms with Crippen LogP contribution in [0, 0.1) is 5.41 Å². The predicted molar refractivity (Wildman–Crippen MR) is 106 cm³/mol. The second-order valence-electron chi connectivity index (χ2n) is 8.25. The number of carbonyl (C=O) groups excluding carboxylic acids is 1. The normalized spacial score (nSPS) is 22.2. The first-order chi connectivity index (χ1) is 12.9. The van der Waals surface area contributed by atoms with E-state index in [1.165, 1.54) is 0 Å². The third kappa shape index (κ3) is 4.74. The molecule has 0 radical (unpaired) electrons. The summed E-state index contributed by atoms with van der Waals surface area (Å²) in [5.41, 5.74) is 1.31. The van der Waals surface area contributed by atoms with Crippen LogP contribution < -0.4 is 20.1 Å². The second-order valence-corrected chi connectivity index (χ2v) is 8.25. The fraction of sp³-hybridized carbons (Fsp3) is 0.667. The summed E-state index contributed by atoms with van der Waals surface area (Å²) in [5, 5.41) is 6.54. The molecule has 0 saturated carbocycles. The summed E-state index contributed by atoms with van der Waals surface area (Å²) in [4.78, 5) is 15.0. The zero-order chi connectivity index (χ0) is 19.4. The highest BCUT2D eigenvalue weighted by atomic mass is 16.5. The standard InChI is InChI=1S/C21H33N3O3/c1-15(2)27-18-6-5-16(11-19(18)26-4)13-23-20(25)17-12-21(14-24(17)3)7-9-22-10-8-21/h5-6,11,15,17,22H,7-10,12-14H2,1-4H3,(H,23,25)/t17-/m0/s1. The van der Waals surface area contributed by atoms with Crippen LogP contribution in [0.2, 0.25) is 0 Å². The molecule has 2 aliphatic heterocycles. The van der Waals surface area contributed by atoms with Gasteiger partial charge in [-0.2, -0.15) is 0 Å². The number of hydrogen-bond donors (Lipinski definition) is 2. The van der Waals surface area contributed by atoms with Gasteiger partial charge < -0.3 is 20.1 Å². The zero-order valence-electron chi connectivity index (χ0n) is 17.0. The first-order valence-corrected chi connectivity index (χ1v) is 9.95. The van der Waals surface area contributed by atoms with Gasteiger partial charge in [-0.25, -0.2) is 0 Å². The number of carbonyl (C=O) groups is 1. The lowest BCUT2D eigenvalue weighted by Crippen LogP contribution is -2.41. The van der Waals surface area contributed by atoms with Crippen molar-refractivity contribution in [2.45, 2.75) is 51.8 Å². The molecule has 1 aromatic carbocycles. The van der Waals surface area contributed by atoms with E-state index in [-0.39, 0.29) is 18.1 Å². The minimum absolute atomic E-state index is 0.0338. The van der Waals surface area contributed by atoms with E-state index in [0.29, 0.717) is 17.7 Å². The second kappa shape index (κ2) is 8.48. The molecule has 27 heavy (non-hydrogen) atoms. The summed E-state index contributed by atoms with van der Waals surface area (Å²) in [6.45, 7) is 7.61. The first kappa shape index (κ1) is 20.0. The summed E-state index contributed by atoms with van der Waals surface area (Å²) in [5.74, 6) is 1.54. The molecule has 2 saturated heterocycles. The third-order valence-electron chi connectivity index (χ3n) is 5.77. The van der Waals surface area contributed by atoms with E-state index < -0.39 is 0 Å². The van der Waals surface area contributed by atoms with Gasteiger partial charge in [0.05, 0.1) is 19.3 Å². The minimum atomic E-state index is -0.0338. The fourth-order valence-electron chi connectivity index (χ4n) is 4.36. The largest absolute Gasteiger partial charge is 0.493 e. The van der Waals surface area contributed by atoms with E-state index in [2.05, 4.69) is 22.6 Å². The van der Waals surface area contributed by atoms with Crippen LogP contribution in [0.5, 0.6) is 11.5 Å². The number of benzene rings is 1. The molecule has 2 heterocycles. The van der Waals surface area contributed by atoms with E-state index in [9.17, 15) is 4.79 Å². The van der Waals surface area contributed by atoms with Crippen molar-refractivity contribution < 1.29 is 14.3 Å². The lowest BCUT2D eigenvalue weighted by molar-refractivity contribution is -0.125. The quantitative estimate of drug-likeness (QED) is 0.798. The molecule has 1 spiro atoms. The van der Waals surface area contributed by atoms with Crippen molar-refractivity contribution in [3.8, 4) is 11.5 Å². The molecule has 0 bridgehead atoms. The Balaban J connectivity index is 1.59. The predicted octanol–water partition coefficient (Wildman–Crippen LogP) is 2.17. The van der Waals surface area contributed by atoms with Crippen LogP contribution in [0.4, 0.5) is 0 Å². The van der Waals surface area contributed by atoms with Gasteiger partial charge in [-0.1, -0.05) is 6.07 Å². The average Bonchev–Trinajstić information content (AvgIpc) is 2.96. The lowest BCUT2D eigenvalue weighted by Gasteiger charge is -2.33. The highest BCUT2D eigenvalue weighted by Crippen LogP contribution is 2.41. The number of likely N-dealkylation sites (tertiary alicyclic amines) is 1. The van der Waals surface area contributed by atoms with E-state index in [4.69, 9.17) is 9.47 Å². The monoisotopic (exact) mass is 375 g/mol. The van der Waals surface area contributed by atoms with Crippen molar-refractivity contribution in [2.24, 2.45) is 5.41 Å². The van der Waals surface area contributed by atoms with E-state index >= 15 is 0 Å². The molecule has 6 nitrogen and oxygen atoms in total. The molecule has 1 atom stereocenters. The van der Waals surface area contributed by atoms with Crippen LogP contribution in [-0.2, 0) is 11.3 Å². The number of nitrogens with one attached hydrogen (secondary N) is 2. The van der Waals surface area contributed by atoms with E-state index in [1.807, 2.05) is 32.0 Å². The highest BCUT2D eigenvalue weighted by molar-refractivity contribution is 5.82. The number of ether oxygens (including phenoxy) is 2. The topological polar surface area (TPSA) is 62.8 Å². The highest BCUT2D eigenvalue weighted by Gasteiger charge is 2.45. The molecular formula is C21H33N3O3. The number of methoxy groups -OCH3 is 1. The van der Waals surface area contributed by atoms with Crippen molar-refractivity contribution >= 4 is 5.91 Å². The van der Waals surface area contributed by atoms with Gasteiger partial charge in [0, 0.05) is 13.1 Å². The molecule has 2 aliphatic rings. The molecule has 1 aromatic rings. The van der Waals surface area contributed by atoms with Crippen molar-refractivity contribution in [1.82, 2.24) is 15.5 Å². The number of rotatable bonds is 6. The molecule has 2 fully saturated rings. The Hall–Kier alpha value is -1.79. The Bertz CT molecular complexity index is 656. The van der Waals surface area contributed by atoms with Gasteiger partial charge in [-0.05, 0) is 76.4 Å². The maximum Gasteiger partial charge on any atom is 0.237 e. The van der Waals surface area contributed by atoms with Crippen LogP contribution in [0.15, 0.2) is 18.2 Å². The molecule has 0 aliphatic carbocycles. The van der Waals surface area contributed by atoms with Crippen LogP contribution >= 0.6 is 0 Å². The number of likely N-dealkylation sites (N-methyl/N-ethyl adjacent to an activating group) is 1. The van der Waals surface area contributed by atoms with E-state index in [0.717, 1.165) is 50.2 Å². The number of piperidine rings is 1. The van der Waals surface area contributed by atoms with Gasteiger partial charge in [0.1, 0.15) is 0 Å². The van der Waals surface area contributed by atoms with Crippen LogP contribution in [0.3, 0.4) is 0 Å². The van der Waals surface area contributed by atoms with Crippen molar-refractivity contribution in [2.75, 3.05) is 33.8 Å². The third-order valence-corrected chi connectivity index (χ3v) is 5.77. The van der Waals surface area contributed by atoms with Gasteiger partial charge in [0.15, 0.2) is 11.5 Å². The molecule has 0 aromatic heterocycles. The average molecular weight is 376 g/mol. The molecule has 150 valence electrons. The summed E-state index contributed by atoms with van der Waals surface area (Å²) in [6, 6.07) is 5.79. The Labute approximate surface area is 162 Å². The van der Waals surface area contributed by atoms with E-state index in [1.54, 1.807) is 7.11 Å². The van der Waals surface area contributed by atoms with Crippen LogP contribution in [0.25, 0.3) is 0 Å². The number of nitrogens with zero attached hydrogens (tertiary/aromatic N) is 1. The minimum Gasteiger partial charge on any atom is -0.493 e. The fourth-order valence-corrected chi connectivity index (χ4v) is 4.36. The summed E-state index contributed by atoms with van der Waals surface area (Å²) >= 11 is 0. The number of hydrogen-bond acceptors (Lipinski definition) is 5. The maximum absolute atomic E-state index is 12.8. The van der Waals surface area contributed by atoms with Gasteiger partial charge in [0.2, 0.25) is 5.91 Å². The Morgan fingerprint density at radius 3 is 2.74 bits per heavy atom. The van der Waals surface area contributed by atoms with Gasteiger partial charge in [-0.3, -0.25) is 9.69 Å².